The van der Waals surface area contributed by atoms with E-state index in [-0.39, 0.29) is 31.3 Å². The fraction of sp³-hybridized carbons (Fsp3) is 0.444. The van der Waals surface area contributed by atoms with Gasteiger partial charge in [-0.25, -0.2) is 9.59 Å². The van der Waals surface area contributed by atoms with Gasteiger partial charge in [0.25, 0.3) is 0 Å². The number of ether oxygens (including phenoxy) is 1. The SMILES string of the molecule is CCC(C)(NC(=O)CC1(NC(=O)OCC2c3ccccc3-c3ccccc32)CCCC1)C(=O)O. The molecule has 3 N–H and O–H groups in total. The van der Waals surface area contributed by atoms with Crippen molar-refractivity contribution in [3.05, 3.63) is 59.7 Å². The van der Waals surface area contributed by atoms with Gasteiger partial charge in [-0.15, -0.1) is 0 Å². The number of aliphatic carboxylic acids is 1. The van der Waals surface area contributed by atoms with Crippen molar-refractivity contribution >= 4 is 18.0 Å². The third-order valence-corrected chi connectivity index (χ3v) is 7.36. The van der Waals surface area contributed by atoms with E-state index in [9.17, 15) is 19.5 Å². The van der Waals surface area contributed by atoms with E-state index in [0.29, 0.717) is 12.8 Å². The molecule has 2 aromatic rings. The van der Waals surface area contributed by atoms with Gasteiger partial charge in [0.15, 0.2) is 0 Å². The van der Waals surface area contributed by atoms with E-state index in [2.05, 4.69) is 34.9 Å². The summed E-state index contributed by atoms with van der Waals surface area (Å²) < 4.78 is 5.69. The van der Waals surface area contributed by atoms with Crippen molar-refractivity contribution in [2.75, 3.05) is 6.61 Å². The second-order valence-electron chi connectivity index (χ2n) is 9.65. The number of alkyl carbamates (subject to hydrolysis) is 1. The summed E-state index contributed by atoms with van der Waals surface area (Å²) >= 11 is 0. The molecule has 7 nitrogen and oxygen atoms in total. The first-order valence-corrected chi connectivity index (χ1v) is 11.9. The van der Waals surface area contributed by atoms with Gasteiger partial charge >= 0.3 is 12.1 Å². The van der Waals surface area contributed by atoms with Crippen LogP contribution in [0.15, 0.2) is 48.5 Å². The average molecular weight is 465 g/mol. The molecule has 4 rings (SSSR count). The van der Waals surface area contributed by atoms with Gasteiger partial charge < -0.3 is 20.5 Å². The zero-order chi connectivity index (χ0) is 24.3. The molecule has 0 saturated heterocycles. The van der Waals surface area contributed by atoms with Crippen LogP contribution in [0.5, 0.6) is 0 Å². The molecule has 0 aliphatic heterocycles. The van der Waals surface area contributed by atoms with Gasteiger partial charge in [-0.2, -0.15) is 0 Å². The first-order valence-electron chi connectivity index (χ1n) is 11.9. The van der Waals surface area contributed by atoms with Crippen molar-refractivity contribution in [3.63, 3.8) is 0 Å². The van der Waals surface area contributed by atoms with Crippen LogP contribution < -0.4 is 10.6 Å². The summed E-state index contributed by atoms with van der Waals surface area (Å²) in [6, 6.07) is 16.3. The number of fused-ring (bicyclic) bond motifs is 3. The number of carbonyl (C=O) groups is 3. The second-order valence-corrected chi connectivity index (χ2v) is 9.65. The van der Waals surface area contributed by atoms with Crippen LogP contribution in [0.3, 0.4) is 0 Å². The summed E-state index contributed by atoms with van der Waals surface area (Å²) in [6.45, 7) is 3.41. The largest absolute Gasteiger partial charge is 0.480 e. The van der Waals surface area contributed by atoms with Gasteiger partial charge in [-0.05, 0) is 48.4 Å². The molecule has 2 aliphatic rings. The number of rotatable bonds is 8. The summed E-state index contributed by atoms with van der Waals surface area (Å²) in [5.74, 6) is -1.50. The Morgan fingerprint density at radius 2 is 1.59 bits per heavy atom. The van der Waals surface area contributed by atoms with Crippen LogP contribution in [0, 0.1) is 0 Å². The maximum Gasteiger partial charge on any atom is 0.407 e. The average Bonchev–Trinajstić information content (AvgIpc) is 3.39. The van der Waals surface area contributed by atoms with Crippen molar-refractivity contribution in [2.45, 2.75) is 69.4 Å². The molecular formula is C27H32N2O5. The molecule has 1 unspecified atom stereocenters. The quantitative estimate of drug-likeness (QED) is 0.530. The van der Waals surface area contributed by atoms with Gasteiger partial charge in [0.1, 0.15) is 12.1 Å². The summed E-state index contributed by atoms with van der Waals surface area (Å²) in [5, 5.41) is 15.1. The number of benzene rings is 2. The van der Waals surface area contributed by atoms with E-state index in [1.165, 1.54) is 6.92 Å². The lowest BCUT2D eigenvalue weighted by Gasteiger charge is -2.32. The molecule has 180 valence electrons. The highest BCUT2D eigenvalue weighted by Crippen LogP contribution is 2.44. The minimum Gasteiger partial charge on any atom is -0.480 e. The smallest absolute Gasteiger partial charge is 0.407 e. The Kier molecular flexibility index (Phi) is 6.64. The molecule has 0 heterocycles. The van der Waals surface area contributed by atoms with Crippen LogP contribution in [0.4, 0.5) is 4.79 Å². The van der Waals surface area contributed by atoms with Crippen LogP contribution in [0.2, 0.25) is 0 Å². The fourth-order valence-corrected chi connectivity index (χ4v) is 5.20. The molecular weight excluding hydrogens is 432 g/mol. The second kappa shape index (κ2) is 9.49. The molecule has 2 aliphatic carbocycles. The minimum atomic E-state index is -1.33. The van der Waals surface area contributed by atoms with Crippen LogP contribution in [0.25, 0.3) is 11.1 Å². The number of hydrogen-bond acceptors (Lipinski definition) is 4. The van der Waals surface area contributed by atoms with E-state index >= 15 is 0 Å². The summed E-state index contributed by atoms with van der Waals surface area (Å²) in [4.78, 5) is 37.2. The van der Waals surface area contributed by atoms with Gasteiger partial charge in [-0.1, -0.05) is 68.3 Å². The van der Waals surface area contributed by atoms with Crippen molar-refractivity contribution in [1.29, 1.82) is 0 Å². The Labute approximate surface area is 199 Å². The van der Waals surface area contributed by atoms with Gasteiger partial charge in [0.2, 0.25) is 5.91 Å². The standard InChI is InChI=1S/C27H32N2O5/c1-3-26(2,24(31)32)28-23(30)16-27(14-8-9-15-27)29-25(33)34-17-22-20-12-6-4-10-18(20)19-11-5-7-13-21(19)22/h4-7,10-13,22H,3,8-9,14-17H2,1-2H3,(H,28,30)(H,29,33)(H,31,32). The van der Waals surface area contributed by atoms with Crippen molar-refractivity contribution in [1.82, 2.24) is 10.6 Å². The van der Waals surface area contributed by atoms with E-state index in [1.54, 1.807) is 6.92 Å². The first kappa shape index (κ1) is 23.8. The first-order chi connectivity index (χ1) is 16.3. The normalized spacial score (nSPS) is 17.8. The summed E-state index contributed by atoms with van der Waals surface area (Å²) in [6.07, 6.45) is 2.83. The molecule has 0 aromatic heterocycles. The van der Waals surface area contributed by atoms with Gasteiger partial charge in [0.05, 0.1) is 5.54 Å². The number of nitrogens with one attached hydrogen (secondary N) is 2. The number of carbonyl (C=O) groups excluding carboxylic acids is 2. The molecule has 7 heteroatoms. The highest BCUT2D eigenvalue weighted by Gasteiger charge is 2.41. The van der Waals surface area contributed by atoms with Crippen LogP contribution >= 0.6 is 0 Å². The Morgan fingerprint density at radius 3 is 2.12 bits per heavy atom. The van der Waals surface area contributed by atoms with Crippen LogP contribution in [-0.4, -0.2) is 40.8 Å². The topological polar surface area (TPSA) is 105 Å². The summed E-state index contributed by atoms with van der Waals surface area (Å²) in [7, 11) is 0. The highest BCUT2D eigenvalue weighted by atomic mass is 16.5. The maximum absolute atomic E-state index is 12.9. The van der Waals surface area contributed by atoms with Gasteiger partial charge in [0, 0.05) is 12.3 Å². The van der Waals surface area contributed by atoms with E-state index in [1.807, 2.05) is 24.3 Å². The number of hydrogen-bond donors (Lipinski definition) is 3. The molecule has 34 heavy (non-hydrogen) atoms. The van der Waals surface area contributed by atoms with Crippen LogP contribution in [-0.2, 0) is 14.3 Å². The molecule has 0 radical (unpaired) electrons. The minimum absolute atomic E-state index is 0.0278. The predicted octanol–water partition coefficient (Wildman–Crippen LogP) is 4.60. The third kappa shape index (κ3) is 4.65. The lowest BCUT2D eigenvalue weighted by Crippen LogP contribution is -2.55. The monoisotopic (exact) mass is 464 g/mol. The molecule has 1 saturated carbocycles. The van der Waals surface area contributed by atoms with Crippen molar-refractivity contribution in [2.24, 2.45) is 0 Å². The third-order valence-electron chi connectivity index (χ3n) is 7.36. The zero-order valence-electron chi connectivity index (χ0n) is 19.7. The van der Waals surface area contributed by atoms with E-state index in [0.717, 1.165) is 35.1 Å². The Bertz CT molecular complexity index is 1050. The van der Waals surface area contributed by atoms with Crippen molar-refractivity contribution < 1.29 is 24.2 Å². The highest BCUT2D eigenvalue weighted by molar-refractivity contribution is 5.87. The van der Waals surface area contributed by atoms with Gasteiger partial charge in [-0.3, -0.25) is 4.79 Å². The Hall–Kier alpha value is -3.35. The number of carboxylic acid groups (broad SMARTS) is 1. The molecule has 1 fully saturated rings. The fourth-order valence-electron chi connectivity index (χ4n) is 5.20. The van der Waals surface area contributed by atoms with Crippen molar-refractivity contribution in [3.8, 4) is 11.1 Å². The Balaban J connectivity index is 1.41. The summed E-state index contributed by atoms with van der Waals surface area (Å²) in [5.41, 5.74) is 2.54. The molecule has 0 bridgehead atoms. The Morgan fingerprint density at radius 1 is 1.03 bits per heavy atom. The lowest BCUT2D eigenvalue weighted by molar-refractivity contribution is -0.147. The maximum atomic E-state index is 12.9. The molecule has 0 spiro atoms. The van der Waals surface area contributed by atoms with E-state index < -0.39 is 23.1 Å². The molecule has 1 atom stereocenters. The predicted molar refractivity (Wildman–Crippen MR) is 128 cm³/mol. The zero-order valence-corrected chi connectivity index (χ0v) is 19.7. The molecule has 2 amide bonds. The molecule has 2 aromatic carbocycles. The van der Waals surface area contributed by atoms with E-state index in [4.69, 9.17) is 4.74 Å². The number of amides is 2. The number of carboxylic acids is 1. The van der Waals surface area contributed by atoms with Crippen LogP contribution in [0.1, 0.15) is 69.4 Å². The lowest BCUT2D eigenvalue weighted by atomic mass is 9.91.